The zero-order valence-electron chi connectivity index (χ0n) is 15.9. The maximum absolute atomic E-state index is 11.9. The van der Waals surface area contributed by atoms with E-state index < -0.39 is 5.60 Å². The third kappa shape index (κ3) is 3.49. The number of rotatable bonds is 6. The Morgan fingerprint density at radius 1 is 1.00 bits per heavy atom. The highest BCUT2D eigenvalue weighted by molar-refractivity contribution is 5.28. The van der Waals surface area contributed by atoms with Gasteiger partial charge in [0.15, 0.2) is 0 Å². The van der Waals surface area contributed by atoms with Crippen LogP contribution in [0.3, 0.4) is 0 Å². The average molecular weight is 350 g/mol. The maximum Gasteiger partial charge on any atom is 0.0771 e. The Balaban J connectivity index is 2.07. The molecule has 2 aromatic carbocycles. The Bertz CT molecular complexity index is 699. The van der Waals surface area contributed by atoms with Gasteiger partial charge in [-0.15, -0.1) is 6.58 Å². The predicted octanol–water partition coefficient (Wildman–Crippen LogP) is 5.43. The zero-order chi connectivity index (χ0) is 18.6. The summed E-state index contributed by atoms with van der Waals surface area (Å²) in [7, 11) is 0. The van der Waals surface area contributed by atoms with Crippen molar-refractivity contribution in [2.45, 2.75) is 50.8 Å². The van der Waals surface area contributed by atoms with E-state index in [0.29, 0.717) is 6.42 Å². The summed E-state index contributed by atoms with van der Waals surface area (Å²) in [5.74, 6) is 0.252. The van der Waals surface area contributed by atoms with Crippen LogP contribution in [-0.2, 0) is 0 Å². The molecule has 2 nitrogen and oxygen atoms in total. The number of nitrogens with one attached hydrogen (secondary N) is 1. The maximum atomic E-state index is 11.9. The monoisotopic (exact) mass is 349 g/mol. The number of benzene rings is 2. The van der Waals surface area contributed by atoms with Gasteiger partial charge in [0.05, 0.1) is 5.60 Å². The molecular weight excluding hydrogens is 318 g/mol. The summed E-state index contributed by atoms with van der Waals surface area (Å²) in [4.78, 5) is 0. The lowest BCUT2D eigenvalue weighted by atomic mass is 9.63. The van der Waals surface area contributed by atoms with Crippen LogP contribution in [0.2, 0.25) is 0 Å². The summed E-state index contributed by atoms with van der Waals surface area (Å²) in [5, 5.41) is 15.8. The van der Waals surface area contributed by atoms with Crippen molar-refractivity contribution >= 4 is 0 Å². The lowest BCUT2D eigenvalue weighted by molar-refractivity contribution is -0.117. The minimum absolute atomic E-state index is 0.0967. The largest absolute Gasteiger partial charge is 0.389 e. The van der Waals surface area contributed by atoms with Crippen LogP contribution < -0.4 is 5.32 Å². The van der Waals surface area contributed by atoms with Crippen LogP contribution in [0.25, 0.3) is 0 Å². The van der Waals surface area contributed by atoms with Crippen molar-refractivity contribution in [2.75, 3.05) is 0 Å². The smallest absolute Gasteiger partial charge is 0.0771 e. The topological polar surface area (TPSA) is 32.3 Å². The van der Waals surface area contributed by atoms with Gasteiger partial charge in [0, 0.05) is 23.9 Å². The van der Waals surface area contributed by atoms with Gasteiger partial charge in [-0.3, -0.25) is 0 Å². The molecule has 2 aromatic rings. The highest BCUT2D eigenvalue weighted by atomic mass is 16.3. The third-order valence-corrected chi connectivity index (χ3v) is 6.08. The molecule has 138 valence electrons. The second-order valence-corrected chi connectivity index (χ2v) is 7.61. The number of hydrogen-bond acceptors (Lipinski definition) is 2. The molecule has 2 heteroatoms. The Morgan fingerprint density at radius 2 is 1.54 bits per heavy atom. The van der Waals surface area contributed by atoms with Crippen molar-refractivity contribution in [3.8, 4) is 0 Å². The molecule has 0 radical (unpaired) electrons. The van der Waals surface area contributed by atoms with Crippen LogP contribution in [0, 0.1) is 11.8 Å². The quantitative estimate of drug-likeness (QED) is 0.681. The lowest BCUT2D eigenvalue weighted by Crippen LogP contribution is -2.58. The average Bonchev–Trinajstić information content (AvgIpc) is 2.68. The Labute approximate surface area is 158 Å². The summed E-state index contributed by atoms with van der Waals surface area (Å²) in [5.41, 5.74) is 1.71. The lowest BCUT2D eigenvalue weighted by Gasteiger charge is -2.53. The van der Waals surface area contributed by atoms with Gasteiger partial charge in [-0.25, -0.2) is 0 Å². The molecule has 26 heavy (non-hydrogen) atoms. The number of piperidine rings is 1. The minimum Gasteiger partial charge on any atom is -0.389 e. The second-order valence-electron chi connectivity index (χ2n) is 7.61. The van der Waals surface area contributed by atoms with Crippen molar-refractivity contribution in [1.29, 1.82) is 0 Å². The molecule has 3 rings (SSSR count). The van der Waals surface area contributed by atoms with Crippen molar-refractivity contribution in [1.82, 2.24) is 5.32 Å². The van der Waals surface area contributed by atoms with E-state index in [-0.39, 0.29) is 23.9 Å². The molecule has 1 aliphatic rings. The van der Waals surface area contributed by atoms with Gasteiger partial charge in [0.25, 0.3) is 0 Å². The molecule has 0 bridgehead atoms. The molecule has 0 saturated carbocycles. The first-order valence-corrected chi connectivity index (χ1v) is 9.81. The molecule has 5 atom stereocenters. The highest BCUT2D eigenvalue weighted by Crippen LogP contribution is 2.50. The molecule has 0 amide bonds. The first kappa shape index (κ1) is 18.9. The summed E-state index contributed by atoms with van der Waals surface area (Å²) in [6.45, 7) is 8.32. The predicted molar refractivity (Wildman–Crippen MR) is 109 cm³/mol. The van der Waals surface area contributed by atoms with Gasteiger partial charge in [-0.1, -0.05) is 87.0 Å². The fourth-order valence-electron chi connectivity index (χ4n) is 4.70. The van der Waals surface area contributed by atoms with Crippen LogP contribution in [0.5, 0.6) is 0 Å². The zero-order valence-corrected chi connectivity index (χ0v) is 15.9. The van der Waals surface area contributed by atoms with Gasteiger partial charge < -0.3 is 10.4 Å². The molecule has 2 N–H and O–H groups in total. The van der Waals surface area contributed by atoms with Gasteiger partial charge >= 0.3 is 0 Å². The van der Waals surface area contributed by atoms with E-state index in [2.05, 4.69) is 74.3 Å². The van der Waals surface area contributed by atoms with Crippen LogP contribution in [0.4, 0.5) is 0 Å². The summed E-state index contributed by atoms with van der Waals surface area (Å²) < 4.78 is 0. The fourth-order valence-corrected chi connectivity index (χ4v) is 4.70. The van der Waals surface area contributed by atoms with Crippen molar-refractivity contribution in [3.05, 3.63) is 84.4 Å². The van der Waals surface area contributed by atoms with E-state index in [4.69, 9.17) is 0 Å². The van der Waals surface area contributed by atoms with E-state index >= 15 is 0 Å². The van der Waals surface area contributed by atoms with Crippen LogP contribution >= 0.6 is 0 Å². The minimum atomic E-state index is -0.774. The normalized spacial score (nSPS) is 31.5. The SMILES string of the molecule is C=CC[C@]1(O)[C@H](CCC)[C@@H](c2ccccc2)N[C@H](c2ccccc2)[C@@H]1C. The molecular formula is C24H31NO. The van der Waals surface area contributed by atoms with E-state index in [9.17, 15) is 5.11 Å². The first-order valence-electron chi connectivity index (χ1n) is 9.81. The van der Waals surface area contributed by atoms with Gasteiger partial charge in [-0.05, 0) is 24.0 Å². The van der Waals surface area contributed by atoms with Crippen LogP contribution in [0.15, 0.2) is 73.3 Å². The van der Waals surface area contributed by atoms with E-state index in [1.807, 2.05) is 18.2 Å². The Kier molecular flexibility index (Phi) is 5.95. The first-order chi connectivity index (χ1) is 12.6. The number of hydrogen-bond donors (Lipinski definition) is 2. The highest BCUT2D eigenvalue weighted by Gasteiger charge is 2.51. The summed E-state index contributed by atoms with van der Waals surface area (Å²) in [6, 6.07) is 21.3. The standard InChI is InChI=1S/C24H31NO/c1-4-12-21-23(20-15-10-7-11-16-20)25-22(19-13-8-6-9-14-19)18(3)24(21,26)17-5-2/h5-11,13-16,18,21-23,25-26H,2,4,12,17H2,1,3H3/t18-,21+,22-,23+,24+/m0/s1. The molecule has 1 heterocycles. The molecule has 0 spiro atoms. The van der Waals surface area contributed by atoms with Crippen molar-refractivity contribution in [2.24, 2.45) is 11.8 Å². The Hall–Kier alpha value is -1.90. The molecule has 1 saturated heterocycles. The summed E-state index contributed by atoms with van der Waals surface area (Å²) in [6.07, 6.45) is 4.54. The molecule has 0 aliphatic carbocycles. The van der Waals surface area contributed by atoms with E-state index in [1.165, 1.54) is 11.1 Å². The number of aliphatic hydroxyl groups is 1. The molecule has 0 unspecified atom stereocenters. The summed E-state index contributed by atoms with van der Waals surface area (Å²) >= 11 is 0. The van der Waals surface area contributed by atoms with E-state index in [0.717, 1.165) is 12.8 Å². The van der Waals surface area contributed by atoms with Gasteiger partial charge in [0.1, 0.15) is 0 Å². The van der Waals surface area contributed by atoms with Crippen LogP contribution in [-0.4, -0.2) is 10.7 Å². The van der Waals surface area contributed by atoms with Crippen molar-refractivity contribution < 1.29 is 5.11 Å². The molecule has 0 aromatic heterocycles. The van der Waals surface area contributed by atoms with Gasteiger partial charge in [0.2, 0.25) is 0 Å². The second kappa shape index (κ2) is 8.20. The molecule has 1 aliphatic heterocycles. The van der Waals surface area contributed by atoms with Crippen LogP contribution in [0.1, 0.15) is 56.3 Å². The Morgan fingerprint density at radius 3 is 2.04 bits per heavy atom. The fraction of sp³-hybridized carbons (Fsp3) is 0.417. The van der Waals surface area contributed by atoms with Crippen molar-refractivity contribution in [3.63, 3.8) is 0 Å². The third-order valence-electron chi connectivity index (χ3n) is 6.08. The van der Waals surface area contributed by atoms with E-state index in [1.54, 1.807) is 0 Å². The molecule has 1 fully saturated rings. The van der Waals surface area contributed by atoms with Gasteiger partial charge in [-0.2, -0.15) is 0 Å².